The second-order valence-corrected chi connectivity index (χ2v) is 10.6. The van der Waals surface area contributed by atoms with Crippen molar-refractivity contribution < 1.29 is 13.5 Å². The summed E-state index contributed by atoms with van der Waals surface area (Å²) >= 11 is 1.06. The molecule has 182 valence electrons. The Kier molecular flexibility index (Phi) is 5.26. The van der Waals surface area contributed by atoms with Crippen LogP contribution in [0.1, 0.15) is 38.2 Å². The Morgan fingerprint density at radius 2 is 1.86 bits per heavy atom. The van der Waals surface area contributed by atoms with Crippen molar-refractivity contribution in [2.24, 2.45) is 0 Å². The Hall–Kier alpha value is -3.11. The number of hydrogen-bond acceptors (Lipinski definition) is 8. The lowest BCUT2D eigenvalue weighted by Crippen LogP contribution is -2.51. The number of nitrogens with two attached hydrogens (primary N) is 1. The number of anilines is 2. The summed E-state index contributed by atoms with van der Waals surface area (Å²) in [7, 11) is 1.48. The summed E-state index contributed by atoms with van der Waals surface area (Å²) in [5, 5.41) is 4.51. The number of fused-ring (bicyclic) bond motifs is 4. The van der Waals surface area contributed by atoms with Gasteiger partial charge in [0.2, 0.25) is 0 Å². The molecule has 2 aromatic heterocycles. The summed E-state index contributed by atoms with van der Waals surface area (Å²) in [5.74, 6) is -0.260. The Labute approximate surface area is 205 Å². The van der Waals surface area contributed by atoms with Crippen LogP contribution in [0.4, 0.5) is 19.7 Å². The Morgan fingerprint density at radius 3 is 2.54 bits per heavy atom. The third kappa shape index (κ3) is 3.58. The topological polar surface area (TPSA) is 89.2 Å². The Morgan fingerprint density at radius 1 is 1.11 bits per heavy atom. The third-order valence-electron chi connectivity index (χ3n) is 7.02. The van der Waals surface area contributed by atoms with E-state index in [-0.39, 0.29) is 22.6 Å². The molecule has 2 unspecified atom stereocenters. The molecule has 0 saturated carbocycles. The molecule has 2 fully saturated rings. The fraction of sp³-hybridized carbons (Fsp3) is 0.400. The van der Waals surface area contributed by atoms with Gasteiger partial charge >= 0.3 is 6.01 Å². The molecule has 3 N–H and O–H groups in total. The number of ether oxygens (including phenoxy) is 1. The molecule has 2 saturated heterocycles. The number of hydrogen-bond donors (Lipinski definition) is 2. The summed E-state index contributed by atoms with van der Waals surface area (Å²) in [5.41, 5.74) is 8.07. The molecular weight excluding hydrogens is 470 g/mol. The van der Waals surface area contributed by atoms with E-state index in [1.807, 2.05) is 19.9 Å². The average molecular weight is 497 g/mol. The van der Waals surface area contributed by atoms with Crippen LogP contribution >= 0.6 is 11.3 Å². The van der Waals surface area contributed by atoms with Crippen LogP contribution in [-0.4, -0.2) is 47.2 Å². The molecule has 0 amide bonds. The molecule has 10 heteroatoms. The molecule has 2 atom stereocenters. The summed E-state index contributed by atoms with van der Waals surface area (Å²) in [6, 6.07) is 5.78. The zero-order chi connectivity index (χ0) is 24.4. The number of methoxy groups -OCH3 is 1. The van der Waals surface area contributed by atoms with Gasteiger partial charge in [0.25, 0.3) is 0 Å². The van der Waals surface area contributed by atoms with Crippen molar-refractivity contribution in [1.82, 2.24) is 20.3 Å². The van der Waals surface area contributed by atoms with Crippen LogP contribution < -0.4 is 20.7 Å². The van der Waals surface area contributed by atoms with Crippen molar-refractivity contribution >= 4 is 43.4 Å². The summed E-state index contributed by atoms with van der Waals surface area (Å²) in [6.07, 6.45) is 2.24. The number of nitrogens with zero attached hydrogens (tertiary/aromatic N) is 4. The molecule has 4 heterocycles. The number of halogens is 2. The van der Waals surface area contributed by atoms with Crippen LogP contribution in [0, 0.1) is 11.6 Å². The second kappa shape index (κ2) is 8.23. The summed E-state index contributed by atoms with van der Waals surface area (Å²) < 4.78 is 36.7. The standard InChI is InChI=1S/C25H26F2N6OS/c1-11(2)15-8-16-20(19(27)18(15)14-6-7-17(26)22-21(14)30-24(28)35-22)31-25(34-3)32-23(16)33-9-12-4-5-13(10-33)29-12/h6-8,11-13,29H,4-5,9-10H2,1-3H3,(H2,28,30). The molecule has 0 aliphatic carbocycles. The van der Waals surface area contributed by atoms with Crippen molar-refractivity contribution in [2.45, 2.75) is 44.7 Å². The molecular formula is C25H26F2N6OS. The van der Waals surface area contributed by atoms with Gasteiger partial charge in [-0.3, -0.25) is 0 Å². The van der Waals surface area contributed by atoms with E-state index in [1.54, 1.807) is 6.07 Å². The number of rotatable bonds is 4. The Bertz CT molecular complexity index is 1460. The number of thiazole rings is 1. The van der Waals surface area contributed by atoms with E-state index >= 15 is 4.39 Å². The van der Waals surface area contributed by atoms with Gasteiger partial charge < -0.3 is 20.7 Å². The zero-order valence-corrected chi connectivity index (χ0v) is 20.5. The first-order valence-corrected chi connectivity index (χ1v) is 12.6. The predicted molar refractivity (Wildman–Crippen MR) is 135 cm³/mol. The molecule has 2 aliphatic rings. The number of piperazine rings is 1. The van der Waals surface area contributed by atoms with E-state index in [0.717, 1.165) is 42.8 Å². The first-order valence-electron chi connectivity index (χ1n) is 11.8. The highest BCUT2D eigenvalue weighted by atomic mass is 32.1. The van der Waals surface area contributed by atoms with Gasteiger partial charge in [0.05, 0.1) is 17.3 Å². The number of aromatic nitrogens is 3. The highest BCUT2D eigenvalue weighted by molar-refractivity contribution is 7.22. The van der Waals surface area contributed by atoms with E-state index in [4.69, 9.17) is 10.5 Å². The Balaban J connectivity index is 1.64. The molecule has 0 spiro atoms. The van der Waals surface area contributed by atoms with E-state index < -0.39 is 11.6 Å². The van der Waals surface area contributed by atoms with Crippen molar-refractivity contribution in [2.75, 3.05) is 30.8 Å². The van der Waals surface area contributed by atoms with Gasteiger partial charge in [-0.05, 0) is 42.5 Å². The minimum Gasteiger partial charge on any atom is -0.467 e. The van der Waals surface area contributed by atoms with Gasteiger partial charge in [-0.15, -0.1) is 0 Å². The van der Waals surface area contributed by atoms with Crippen molar-refractivity contribution in [3.63, 3.8) is 0 Å². The van der Waals surface area contributed by atoms with Crippen LogP contribution in [0.15, 0.2) is 18.2 Å². The lowest BCUT2D eigenvalue weighted by atomic mass is 9.89. The first kappa shape index (κ1) is 22.4. The van der Waals surface area contributed by atoms with Crippen LogP contribution in [0.3, 0.4) is 0 Å². The van der Waals surface area contributed by atoms with E-state index in [0.29, 0.717) is 44.6 Å². The number of benzene rings is 2. The summed E-state index contributed by atoms with van der Waals surface area (Å²) in [6.45, 7) is 5.61. The lowest BCUT2D eigenvalue weighted by Gasteiger charge is -2.34. The van der Waals surface area contributed by atoms with E-state index in [2.05, 4.69) is 25.2 Å². The van der Waals surface area contributed by atoms with Crippen LogP contribution in [0.2, 0.25) is 0 Å². The first-order chi connectivity index (χ1) is 16.8. The van der Waals surface area contributed by atoms with Gasteiger partial charge in [0.15, 0.2) is 10.9 Å². The highest BCUT2D eigenvalue weighted by Gasteiger charge is 2.34. The molecule has 4 aromatic rings. The zero-order valence-electron chi connectivity index (χ0n) is 19.7. The van der Waals surface area contributed by atoms with Gasteiger partial charge in [0.1, 0.15) is 17.2 Å². The van der Waals surface area contributed by atoms with Crippen molar-refractivity contribution in [3.05, 3.63) is 35.4 Å². The average Bonchev–Trinajstić information content (AvgIpc) is 3.40. The normalized spacial score (nSPS) is 19.9. The molecule has 0 radical (unpaired) electrons. The molecule has 7 nitrogen and oxygen atoms in total. The van der Waals surface area contributed by atoms with Crippen LogP contribution in [0.25, 0.3) is 32.2 Å². The van der Waals surface area contributed by atoms with Crippen molar-refractivity contribution in [3.8, 4) is 17.1 Å². The minimum absolute atomic E-state index is 0.0193. The predicted octanol–water partition coefficient (Wildman–Crippen LogP) is 4.84. The SMILES string of the molecule is COc1nc(N2CC3CCC(C2)N3)c2cc(C(C)C)c(-c3ccc(F)c4sc(N)nc34)c(F)c2n1. The third-order valence-corrected chi connectivity index (χ3v) is 7.92. The summed E-state index contributed by atoms with van der Waals surface area (Å²) in [4.78, 5) is 15.6. The molecule has 2 aromatic carbocycles. The van der Waals surface area contributed by atoms with Crippen LogP contribution in [0.5, 0.6) is 6.01 Å². The molecule has 2 aliphatic heterocycles. The fourth-order valence-corrected chi connectivity index (χ4v) is 6.20. The molecule has 6 rings (SSSR count). The largest absolute Gasteiger partial charge is 0.467 e. The fourth-order valence-electron chi connectivity index (χ4n) is 5.44. The van der Waals surface area contributed by atoms with Gasteiger partial charge in [-0.25, -0.2) is 13.8 Å². The van der Waals surface area contributed by atoms with E-state index in [1.165, 1.54) is 13.2 Å². The number of nitrogen functional groups attached to an aromatic ring is 1. The van der Waals surface area contributed by atoms with Crippen molar-refractivity contribution in [1.29, 1.82) is 0 Å². The maximum Gasteiger partial charge on any atom is 0.318 e. The molecule has 35 heavy (non-hydrogen) atoms. The highest BCUT2D eigenvalue weighted by Crippen LogP contribution is 2.43. The van der Waals surface area contributed by atoms with Crippen LogP contribution in [-0.2, 0) is 0 Å². The maximum atomic E-state index is 16.5. The quantitative estimate of drug-likeness (QED) is 0.418. The minimum atomic E-state index is -0.495. The van der Waals surface area contributed by atoms with Gasteiger partial charge in [0, 0.05) is 41.7 Å². The number of nitrogens with one attached hydrogen (secondary N) is 1. The van der Waals surface area contributed by atoms with Gasteiger partial charge in [-0.2, -0.15) is 9.97 Å². The smallest absolute Gasteiger partial charge is 0.318 e. The van der Waals surface area contributed by atoms with Gasteiger partial charge in [-0.1, -0.05) is 25.2 Å². The monoisotopic (exact) mass is 496 g/mol. The second-order valence-electron chi connectivity index (χ2n) is 9.61. The maximum absolute atomic E-state index is 16.5. The van der Waals surface area contributed by atoms with E-state index in [9.17, 15) is 4.39 Å². The lowest BCUT2D eigenvalue weighted by molar-refractivity contribution is 0.380. The molecule has 2 bridgehead atoms.